The van der Waals surface area contributed by atoms with E-state index in [4.69, 9.17) is 9.47 Å². The third-order valence-corrected chi connectivity index (χ3v) is 4.31. The number of ether oxygens (including phenoxy) is 2. The lowest BCUT2D eigenvalue weighted by molar-refractivity contribution is 0.0474. The standard InChI is InChI=1S/C24H21NO5/c1-29-15-17-6-5-9-20(14-17)24(28)30-16-22(26)18-10-12-21(13-11-18)25-23(27)19-7-3-2-4-8-19/h2-14H,15-16H2,1H3,(H,25,27). The van der Waals surface area contributed by atoms with Crippen molar-refractivity contribution in [1.82, 2.24) is 0 Å². The Kier molecular flexibility index (Phi) is 7.08. The fourth-order valence-corrected chi connectivity index (χ4v) is 2.78. The summed E-state index contributed by atoms with van der Waals surface area (Å²) in [6.07, 6.45) is 0. The van der Waals surface area contributed by atoms with Crippen molar-refractivity contribution in [2.75, 3.05) is 19.0 Å². The van der Waals surface area contributed by atoms with Gasteiger partial charge < -0.3 is 14.8 Å². The Hall–Kier alpha value is -3.77. The molecule has 0 fully saturated rings. The first-order valence-electron chi connectivity index (χ1n) is 9.31. The van der Waals surface area contributed by atoms with E-state index in [-0.39, 0.29) is 18.3 Å². The first-order chi connectivity index (χ1) is 14.6. The Labute approximate surface area is 174 Å². The second-order valence-electron chi connectivity index (χ2n) is 6.53. The lowest BCUT2D eigenvalue weighted by atomic mass is 10.1. The Bertz CT molecular complexity index is 1030. The van der Waals surface area contributed by atoms with Crippen molar-refractivity contribution in [2.24, 2.45) is 0 Å². The number of carbonyl (C=O) groups is 3. The number of rotatable bonds is 8. The Morgan fingerprint density at radius 2 is 1.50 bits per heavy atom. The maximum atomic E-state index is 12.3. The van der Waals surface area contributed by atoms with Gasteiger partial charge in [0.2, 0.25) is 0 Å². The van der Waals surface area contributed by atoms with E-state index in [0.717, 1.165) is 5.56 Å². The van der Waals surface area contributed by atoms with Crippen LogP contribution >= 0.6 is 0 Å². The van der Waals surface area contributed by atoms with Crippen molar-refractivity contribution in [3.05, 3.63) is 101 Å². The summed E-state index contributed by atoms with van der Waals surface area (Å²) in [6, 6.07) is 22.1. The first kappa shape index (κ1) is 21.0. The molecule has 0 heterocycles. The predicted molar refractivity (Wildman–Crippen MR) is 113 cm³/mol. The van der Waals surface area contributed by atoms with Gasteiger partial charge in [-0.05, 0) is 54.1 Å². The fourth-order valence-electron chi connectivity index (χ4n) is 2.78. The van der Waals surface area contributed by atoms with Gasteiger partial charge in [0.15, 0.2) is 12.4 Å². The molecular formula is C24H21NO5. The van der Waals surface area contributed by atoms with Gasteiger partial charge in [-0.3, -0.25) is 9.59 Å². The molecule has 0 bridgehead atoms. The molecule has 0 atom stereocenters. The topological polar surface area (TPSA) is 81.7 Å². The van der Waals surface area contributed by atoms with Gasteiger partial charge in [-0.2, -0.15) is 0 Å². The molecule has 6 nitrogen and oxygen atoms in total. The van der Waals surface area contributed by atoms with Crippen molar-refractivity contribution in [3.8, 4) is 0 Å². The van der Waals surface area contributed by atoms with Crippen LogP contribution in [-0.4, -0.2) is 31.4 Å². The number of hydrogen-bond donors (Lipinski definition) is 1. The van der Waals surface area contributed by atoms with Gasteiger partial charge in [-0.25, -0.2) is 4.79 Å². The molecule has 0 unspecified atom stereocenters. The lowest BCUT2D eigenvalue weighted by Crippen LogP contribution is -2.15. The first-order valence-corrected chi connectivity index (χ1v) is 9.31. The zero-order valence-corrected chi connectivity index (χ0v) is 16.5. The number of nitrogens with one attached hydrogen (secondary N) is 1. The Morgan fingerprint density at radius 1 is 0.800 bits per heavy atom. The summed E-state index contributed by atoms with van der Waals surface area (Å²) in [6.45, 7) is 0.0102. The van der Waals surface area contributed by atoms with Gasteiger partial charge >= 0.3 is 5.97 Å². The van der Waals surface area contributed by atoms with Gasteiger partial charge in [0.25, 0.3) is 5.91 Å². The van der Waals surface area contributed by atoms with Gasteiger partial charge in [0, 0.05) is 23.9 Å². The van der Waals surface area contributed by atoms with Crippen LogP contribution in [0.15, 0.2) is 78.9 Å². The normalized spacial score (nSPS) is 10.3. The molecule has 0 radical (unpaired) electrons. The number of carbonyl (C=O) groups excluding carboxylic acids is 3. The van der Waals surface area contributed by atoms with Crippen molar-refractivity contribution in [2.45, 2.75) is 6.61 Å². The molecule has 30 heavy (non-hydrogen) atoms. The number of hydrogen-bond acceptors (Lipinski definition) is 5. The summed E-state index contributed by atoms with van der Waals surface area (Å²) in [4.78, 5) is 36.7. The number of esters is 1. The summed E-state index contributed by atoms with van der Waals surface area (Å²) in [5, 5.41) is 2.77. The number of methoxy groups -OCH3 is 1. The molecule has 6 heteroatoms. The van der Waals surface area contributed by atoms with Crippen LogP contribution in [-0.2, 0) is 16.1 Å². The van der Waals surface area contributed by atoms with Crippen LogP contribution in [0.3, 0.4) is 0 Å². The third kappa shape index (κ3) is 5.62. The van der Waals surface area contributed by atoms with Crippen molar-refractivity contribution >= 4 is 23.3 Å². The van der Waals surface area contributed by atoms with E-state index in [2.05, 4.69) is 5.32 Å². The maximum absolute atomic E-state index is 12.3. The second-order valence-corrected chi connectivity index (χ2v) is 6.53. The number of anilines is 1. The van der Waals surface area contributed by atoms with Crippen LogP contribution in [0.1, 0.15) is 36.6 Å². The molecule has 0 aliphatic rings. The molecule has 152 valence electrons. The molecule has 3 aromatic carbocycles. The minimum atomic E-state index is -0.576. The quantitative estimate of drug-likeness (QED) is 0.452. The van der Waals surface area contributed by atoms with E-state index >= 15 is 0 Å². The van der Waals surface area contributed by atoms with E-state index in [9.17, 15) is 14.4 Å². The highest BCUT2D eigenvalue weighted by Gasteiger charge is 2.13. The molecule has 0 saturated heterocycles. The van der Waals surface area contributed by atoms with E-state index < -0.39 is 5.97 Å². The average Bonchev–Trinajstić information content (AvgIpc) is 2.78. The molecule has 0 saturated carbocycles. The molecule has 0 aromatic heterocycles. The minimum Gasteiger partial charge on any atom is -0.454 e. The second kappa shape index (κ2) is 10.1. The predicted octanol–water partition coefficient (Wildman–Crippen LogP) is 4.13. The van der Waals surface area contributed by atoms with Crippen LogP contribution < -0.4 is 5.32 Å². The number of Topliss-reactive ketones (excluding diaryl/α,β-unsaturated/α-hetero) is 1. The van der Waals surface area contributed by atoms with E-state index in [1.807, 2.05) is 12.1 Å². The molecule has 1 N–H and O–H groups in total. The average molecular weight is 403 g/mol. The van der Waals surface area contributed by atoms with Crippen molar-refractivity contribution in [1.29, 1.82) is 0 Å². The summed E-state index contributed by atoms with van der Waals surface area (Å²) in [7, 11) is 1.57. The van der Waals surface area contributed by atoms with Crippen LogP contribution in [0.25, 0.3) is 0 Å². The highest BCUT2D eigenvalue weighted by atomic mass is 16.5. The molecule has 3 rings (SSSR count). The monoisotopic (exact) mass is 403 g/mol. The molecule has 0 spiro atoms. The Morgan fingerprint density at radius 3 is 2.20 bits per heavy atom. The van der Waals surface area contributed by atoms with E-state index in [1.54, 1.807) is 73.8 Å². The summed E-state index contributed by atoms with van der Waals surface area (Å²) >= 11 is 0. The maximum Gasteiger partial charge on any atom is 0.338 e. The zero-order chi connectivity index (χ0) is 21.3. The largest absolute Gasteiger partial charge is 0.454 e. The minimum absolute atomic E-state index is 0.237. The fraction of sp³-hybridized carbons (Fsp3) is 0.125. The van der Waals surface area contributed by atoms with E-state index in [1.165, 1.54) is 0 Å². The van der Waals surface area contributed by atoms with Crippen molar-refractivity contribution < 1.29 is 23.9 Å². The summed E-state index contributed by atoms with van der Waals surface area (Å²) in [5.41, 5.74) is 2.68. The summed E-state index contributed by atoms with van der Waals surface area (Å²) in [5.74, 6) is -1.15. The SMILES string of the molecule is COCc1cccc(C(=O)OCC(=O)c2ccc(NC(=O)c3ccccc3)cc2)c1. The summed E-state index contributed by atoms with van der Waals surface area (Å²) < 4.78 is 10.2. The number of amides is 1. The zero-order valence-electron chi connectivity index (χ0n) is 16.5. The van der Waals surface area contributed by atoms with Crippen molar-refractivity contribution in [3.63, 3.8) is 0 Å². The van der Waals surface area contributed by atoms with Gasteiger partial charge in [0.1, 0.15) is 0 Å². The third-order valence-electron chi connectivity index (χ3n) is 4.31. The molecule has 0 aliphatic heterocycles. The molecular weight excluding hydrogens is 382 g/mol. The lowest BCUT2D eigenvalue weighted by Gasteiger charge is -2.08. The smallest absolute Gasteiger partial charge is 0.338 e. The van der Waals surface area contributed by atoms with Gasteiger partial charge in [0.05, 0.1) is 12.2 Å². The molecule has 3 aromatic rings. The molecule has 1 amide bonds. The highest BCUT2D eigenvalue weighted by molar-refractivity contribution is 6.05. The van der Waals surface area contributed by atoms with Gasteiger partial charge in [-0.1, -0.05) is 30.3 Å². The van der Waals surface area contributed by atoms with E-state index in [0.29, 0.717) is 29.0 Å². The highest BCUT2D eigenvalue weighted by Crippen LogP contribution is 2.13. The van der Waals surface area contributed by atoms with Crippen LogP contribution in [0.2, 0.25) is 0 Å². The van der Waals surface area contributed by atoms with Crippen LogP contribution in [0.4, 0.5) is 5.69 Å². The molecule has 0 aliphatic carbocycles. The van der Waals surface area contributed by atoms with Crippen LogP contribution in [0.5, 0.6) is 0 Å². The Balaban J connectivity index is 1.55. The van der Waals surface area contributed by atoms with Crippen LogP contribution in [0, 0.1) is 0 Å². The number of ketones is 1. The number of benzene rings is 3. The van der Waals surface area contributed by atoms with Gasteiger partial charge in [-0.15, -0.1) is 0 Å².